The molecule has 136 valence electrons. The summed E-state index contributed by atoms with van der Waals surface area (Å²) in [5, 5.41) is 4.69. The second-order valence-corrected chi connectivity index (χ2v) is 7.27. The minimum Gasteiger partial charge on any atom is -0.333 e. The minimum absolute atomic E-state index is 0.618. The molecule has 26 heavy (non-hydrogen) atoms. The highest BCUT2D eigenvalue weighted by atomic mass is 15.4. The molecule has 0 unspecified atom stereocenters. The van der Waals surface area contributed by atoms with E-state index in [0.29, 0.717) is 5.92 Å². The second-order valence-electron chi connectivity index (χ2n) is 7.27. The Hall–Kier alpha value is -2.54. The van der Waals surface area contributed by atoms with Crippen molar-refractivity contribution in [3.8, 4) is 11.4 Å². The van der Waals surface area contributed by atoms with E-state index >= 15 is 0 Å². The van der Waals surface area contributed by atoms with Crippen molar-refractivity contribution in [1.29, 1.82) is 0 Å². The molecule has 3 aromatic heterocycles. The molecular weight excluding hydrogens is 326 g/mol. The summed E-state index contributed by atoms with van der Waals surface area (Å²) in [6.45, 7) is 9.22. The van der Waals surface area contributed by atoms with Gasteiger partial charge in [-0.2, -0.15) is 5.10 Å². The van der Waals surface area contributed by atoms with Crippen LogP contribution in [0.4, 0.5) is 0 Å². The maximum atomic E-state index is 4.74. The summed E-state index contributed by atoms with van der Waals surface area (Å²) in [5.74, 6) is 2.45. The first-order valence-electron chi connectivity index (χ1n) is 9.24. The molecule has 0 spiro atoms. The topological polar surface area (TPSA) is 64.7 Å². The molecule has 0 aliphatic carbocycles. The number of nitrogens with zero attached hydrogens (tertiary/aromatic N) is 7. The highest BCUT2D eigenvalue weighted by Gasteiger charge is 2.19. The Bertz CT molecular complexity index is 824. The van der Waals surface area contributed by atoms with Crippen molar-refractivity contribution in [2.75, 3.05) is 13.1 Å². The van der Waals surface area contributed by atoms with Gasteiger partial charge in [0, 0.05) is 56.8 Å². The lowest BCUT2D eigenvalue weighted by molar-refractivity contribution is 0.260. The Morgan fingerprint density at radius 2 is 2.04 bits per heavy atom. The summed E-state index contributed by atoms with van der Waals surface area (Å²) >= 11 is 0. The Morgan fingerprint density at radius 1 is 1.12 bits per heavy atom. The van der Waals surface area contributed by atoms with Crippen LogP contribution in [0.5, 0.6) is 0 Å². The zero-order chi connectivity index (χ0) is 17.9. The van der Waals surface area contributed by atoms with Gasteiger partial charge in [-0.1, -0.05) is 13.8 Å². The van der Waals surface area contributed by atoms with Crippen LogP contribution in [0.25, 0.3) is 11.4 Å². The van der Waals surface area contributed by atoms with E-state index in [1.54, 1.807) is 6.20 Å². The lowest BCUT2D eigenvalue weighted by Crippen LogP contribution is -2.28. The van der Waals surface area contributed by atoms with Gasteiger partial charge in [-0.05, 0) is 18.1 Å². The largest absolute Gasteiger partial charge is 0.333 e. The zero-order valence-electron chi connectivity index (χ0n) is 15.4. The SMILES string of the molecule is CC(C)Cn1cncc1CN1CCc2nc(-c3cccnc3)nn2CC1. The average molecular weight is 351 g/mol. The summed E-state index contributed by atoms with van der Waals surface area (Å²) in [4.78, 5) is 15.7. The van der Waals surface area contributed by atoms with Crippen LogP contribution in [-0.4, -0.2) is 47.3 Å². The van der Waals surface area contributed by atoms with Crippen molar-refractivity contribution in [2.45, 2.75) is 39.9 Å². The van der Waals surface area contributed by atoms with Crippen molar-refractivity contribution in [1.82, 2.24) is 34.2 Å². The van der Waals surface area contributed by atoms with Crippen LogP contribution >= 0.6 is 0 Å². The van der Waals surface area contributed by atoms with E-state index in [1.807, 2.05) is 35.5 Å². The summed E-state index contributed by atoms with van der Waals surface area (Å²) < 4.78 is 4.32. The Balaban J connectivity index is 1.43. The number of pyridine rings is 1. The quantitative estimate of drug-likeness (QED) is 0.705. The maximum Gasteiger partial charge on any atom is 0.182 e. The Labute approximate surface area is 153 Å². The molecule has 0 fully saturated rings. The Morgan fingerprint density at radius 3 is 2.85 bits per heavy atom. The molecule has 0 saturated carbocycles. The molecular formula is C19H25N7. The van der Waals surface area contributed by atoms with Gasteiger partial charge in [0.1, 0.15) is 5.82 Å². The zero-order valence-corrected chi connectivity index (χ0v) is 15.4. The van der Waals surface area contributed by atoms with E-state index < -0.39 is 0 Å². The van der Waals surface area contributed by atoms with Gasteiger partial charge in [0.15, 0.2) is 5.82 Å². The number of rotatable bonds is 5. The molecule has 1 aliphatic rings. The third-order valence-corrected chi connectivity index (χ3v) is 4.69. The van der Waals surface area contributed by atoms with Gasteiger partial charge in [-0.15, -0.1) is 0 Å². The molecule has 7 nitrogen and oxygen atoms in total. The highest BCUT2D eigenvalue weighted by Crippen LogP contribution is 2.17. The molecule has 0 amide bonds. The van der Waals surface area contributed by atoms with Gasteiger partial charge in [0.05, 0.1) is 18.6 Å². The average Bonchev–Trinajstić information content (AvgIpc) is 3.20. The molecule has 0 radical (unpaired) electrons. The standard InChI is InChI=1S/C19H25N7/c1-15(2)12-25-14-21-11-17(25)13-24-7-5-18-22-19(23-26(18)9-8-24)16-4-3-6-20-10-16/h3-4,6,10-11,14-15H,5,7-9,12-13H2,1-2H3. The number of aromatic nitrogens is 6. The number of hydrogen-bond acceptors (Lipinski definition) is 5. The highest BCUT2D eigenvalue weighted by molar-refractivity contribution is 5.52. The first kappa shape index (κ1) is 16.9. The van der Waals surface area contributed by atoms with Crippen LogP contribution in [-0.2, 0) is 26.1 Å². The van der Waals surface area contributed by atoms with E-state index in [9.17, 15) is 0 Å². The van der Waals surface area contributed by atoms with Crippen molar-refractivity contribution in [2.24, 2.45) is 5.92 Å². The van der Waals surface area contributed by atoms with E-state index in [2.05, 4.69) is 33.3 Å². The summed E-state index contributed by atoms with van der Waals surface area (Å²) in [7, 11) is 0. The van der Waals surface area contributed by atoms with E-state index in [-0.39, 0.29) is 0 Å². The van der Waals surface area contributed by atoms with Crippen LogP contribution in [0.15, 0.2) is 37.1 Å². The van der Waals surface area contributed by atoms with Crippen LogP contribution in [0.3, 0.4) is 0 Å². The van der Waals surface area contributed by atoms with Crippen LogP contribution in [0.2, 0.25) is 0 Å². The van der Waals surface area contributed by atoms with Crippen molar-refractivity contribution in [3.63, 3.8) is 0 Å². The smallest absolute Gasteiger partial charge is 0.182 e. The molecule has 0 atom stereocenters. The summed E-state index contributed by atoms with van der Waals surface area (Å²) in [6.07, 6.45) is 8.43. The predicted molar refractivity (Wildman–Crippen MR) is 99.3 cm³/mol. The third kappa shape index (κ3) is 3.67. The lowest BCUT2D eigenvalue weighted by atomic mass is 10.2. The molecule has 4 heterocycles. The molecule has 0 N–H and O–H groups in total. The van der Waals surface area contributed by atoms with E-state index in [0.717, 1.165) is 56.4 Å². The van der Waals surface area contributed by atoms with Gasteiger partial charge in [0.25, 0.3) is 0 Å². The van der Waals surface area contributed by atoms with E-state index in [1.165, 1.54) is 5.69 Å². The number of fused-ring (bicyclic) bond motifs is 1. The second kappa shape index (κ2) is 7.37. The fourth-order valence-corrected chi connectivity index (χ4v) is 3.39. The fraction of sp³-hybridized carbons (Fsp3) is 0.474. The van der Waals surface area contributed by atoms with Gasteiger partial charge in [-0.3, -0.25) is 9.88 Å². The first-order chi connectivity index (χ1) is 12.7. The molecule has 0 aromatic carbocycles. The maximum absolute atomic E-state index is 4.74. The monoisotopic (exact) mass is 351 g/mol. The van der Waals surface area contributed by atoms with Crippen LogP contribution in [0.1, 0.15) is 25.4 Å². The number of hydrogen-bond donors (Lipinski definition) is 0. The summed E-state index contributed by atoms with van der Waals surface area (Å²) in [5.41, 5.74) is 2.25. The normalized spacial score (nSPS) is 15.2. The minimum atomic E-state index is 0.618. The van der Waals surface area contributed by atoms with Crippen LogP contribution in [0, 0.1) is 5.92 Å². The van der Waals surface area contributed by atoms with Crippen molar-refractivity contribution < 1.29 is 0 Å². The lowest BCUT2D eigenvalue weighted by Gasteiger charge is -2.20. The van der Waals surface area contributed by atoms with Gasteiger partial charge in [-0.25, -0.2) is 14.6 Å². The third-order valence-electron chi connectivity index (χ3n) is 4.69. The van der Waals surface area contributed by atoms with E-state index in [4.69, 9.17) is 10.1 Å². The van der Waals surface area contributed by atoms with Crippen molar-refractivity contribution in [3.05, 3.63) is 48.6 Å². The summed E-state index contributed by atoms with van der Waals surface area (Å²) in [6, 6.07) is 3.92. The van der Waals surface area contributed by atoms with Crippen molar-refractivity contribution >= 4 is 0 Å². The van der Waals surface area contributed by atoms with Crippen LogP contribution < -0.4 is 0 Å². The molecule has 1 aliphatic heterocycles. The fourth-order valence-electron chi connectivity index (χ4n) is 3.39. The molecule has 3 aromatic rings. The van der Waals surface area contributed by atoms with Gasteiger partial charge in [0.2, 0.25) is 0 Å². The Kier molecular flexibility index (Phi) is 4.79. The number of imidazole rings is 1. The molecule has 0 bridgehead atoms. The predicted octanol–water partition coefficient (Wildman–Crippen LogP) is 2.25. The molecule has 4 rings (SSSR count). The molecule has 7 heteroatoms. The first-order valence-corrected chi connectivity index (χ1v) is 9.24. The van der Waals surface area contributed by atoms with Gasteiger partial charge < -0.3 is 4.57 Å². The van der Waals surface area contributed by atoms with Gasteiger partial charge >= 0.3 is 0 Å². The molecule has 0 saturated heterocycles.